The standard InChI is InChI=1S/C9H12F3N3O2S/c1-4(2)5(6(16)17-3)13-8-15-14-7(18-8)9(10,11)12/h4-5H,1-3H3,(H,13,15). The maximum atomic E-state index is 12.3. The molecule has 5 nitrogen and oxygen atoms in total. The van der Waals surface area contributed by atoms with Gasteiger partial charge in [0.25, 0.3) is 0 Å². The van der Waals surface area contributed by atoms with Gasteiger partial charge in [-0.2, -0.15) is 13.2 Å². The van der Waals surface area contributed by atoms with Crippen molar-refractivity contribution in [1.82, 2.24) is 10.2 Å². The molecule has 0 aliphatic rings. The first-order chi connectivity index (χ1) is 8.25. The molecule has 1 heterocycles. The van der Waals surface area contributed by atoms with Crippen LogP contribution in [0.15, 0.2) is 0 Å². The van der Waals surface area contributed by atoms with E-state index in [2.05, 4.69) is 20.3 Å². The fourth-order valence-corrected chi connectivity index (χ4v) is 1.80. The normalized spacial score (nSPS) is 13.5. The molecule has 9 heteroatoms. The first kappa shape index (κ1) is 14.7. The lowest BCUT2D eigenvalue weighted by Crippen LogP contribution is -2.35. The minimum atomic E-state index is -4.53. The number of nitrogens with one attached hydrogen (secondary N) is 1. The summed E-state index contributed by atoms with van der Waals surface area (Å²) in [6.07, 6.45) is -4.53. The number of hydrogen-bond donors (Lipinski definition) is 1. The van der Waals surface area contributed by atoms with E-state index in [-0.39, 0.29) is 11.0 Å². The number of rotatable bonds is 4. The molecule has 0 spiro atoms. The number of ether oxygens (including phenoxy) is 1. The Morgan fingerprint density at radius 2 is 2.00 bits per heavy atom. The van der Waals surface area contributed by atoms with E-state index in [1.807, 2.05) is 0 Å². The molecule has 0 saturated heterocycles. The van der Waals surface area contributed by atoms with Gasteiger partial charge in [-0.05, 0) is 5.92 Å². The zero-order valence-electron chi connectivity index (χ0n) is 9.91. The van der Waals surface area contributed by atoms with Gasteiger partial charge in [-0.1, -0.05) is 25.2 Å². The Labute approximate surface area is 105 Å². The van der Waals surface area contributed by atoms with E-state index in [1.54, 1.807) is 13.8 Å². The van der Waals surface area contributed by atoms with E-state index in [0.717, 1.165) is 0 Å². The Morgan fingerprint density at radius 1 is 1.39 bits per heavy atom. The Bertz CT molecular complexity index is 419. The third-order valence-corrected chi connectivity index (χ3v) is 2.97. The van der Waals surface area contributed by atoms with Crippen molar-refractivity contribution in [2.45, 2.75) is 26.1 Å². The van der Waals surface area contributed by atoms with Crippen molar-refractivity contribution in [1.29, 1.82) is 0 Å². The summed E-state index contributed by atoms with van der Waals surface area (Å²) < 4.78 is 41.5. The topological polar surface area (TPSA) is 64.1 Å². The molecule has 0 aliphatic carbocycles. The van der Waals surface area contributed by atoms with Gasteiger partial charge in [-0.25, -0.2) is 4.79 Å². The number of alkyl halides is 3. The van der Waals surface area contributed by atoms with E-state index in [9.17, 15) is 18.0 Å². The number of esters is 1. The number of hydrogen-bond acceptors (Lipinski definition) is 6. The molecular formula is C9H12F3N3O2S. The molecule has 0 radical (unpaired) electrons. The summed E-state index contributed by atoms with van der Waals surface area (Å²) in [6.45, 7) is 3.47. The second kappa shape index (κ2) is 5.51. The van der Waals surface area contributed by atoms with Crippen LogP contribution < -0.4 is 5.32 Å². The number of carbonyl (C=O) groups excluding carboxylic acids is 1. The molecule has 1 atom stereocenters. The van der Waals surface area contributed by atoms with E-state index in [0.29, 0.717) is 11.3 Å². The van der Waals surface area contributed by atoms with Crippen molar-refractivity contribution in [3.05, 3.63) is 5.01 Å². The third kappa shape index (κ3) is 3.56. The number of methoxy groups -OCH3 is 1. The molecule has 102 valence electrons. The molecule has 1 N–H and O–H groups in total. The molecule has 0 saturated carbocycles. The number of aromatic nitrogens is 2. The van der Waals surface area contributed by atoms with Crippen LogP contribution >= 0.6 is 11.3 Å². The molecule has 0 amide bonds. The predicted molar refractivity (Wildman–Crippen MR) is 59.2 cm³/mol. The maximum absolute atomic E-state index is 12.3. The second-order valence-electron chi connectivity index (χ2n) is 3.80. The van der Waals surface area contributed by atoms with Crippen molar-refractivity contribution in [2.75, 3.05) is 12.4 Å². The molecule has 0 aliphatic heterocycles. The van der Waals surface area contributed by atoms with Crippen molar-refractivity contribution in [2.24, 2.45) is 5.92 Å². The van der Waals surface area contributed by atoms with Gasteiger partial charge < -0.3 is 10.1 Å². The van der Waals surface area contributed by atoms with E-state index >= 15 is 0 Å². The molecular weight excluding hydrogens is 271 g/mol. The van der Waals surface area contributed by atoms with Gasteiger partial charge in [-0.3, -0.25) is 0 Å². The number of anilines is 1. The Morgan fingerprint density at radius 3 is 2.39 bits per heavy atom. The monoisotopic (exact) mass is 283 g/mol. The van der Waals surface area contributed by atoms with Crippen molar-refractivity contribution in [3.63, 3.8) is 0 Å². The minimum Gasteiger partial charge on any atom is -0.467 e. The van der Waals surface area contributed by atoms with E-state index in [4.69, 9.17) is 0 Å². The van der Waals surface area contributed by atoms with Gasteiger partial charge >= 0.3 is 12.1 Å². The zero-order chi connectivity index (χ0) is 13.9. The molecule has 1 aromatic rings. The zero-order valence-corrected chi connectivity index (χ0v) is 10.7. The highest BCUT2D eigenvalue weighted by molar-refractivity contribution is 7.15. The van der Waals surface area contributed by atoms with Gasteiger partial charge in [0, 0.05) is 0 Å². The van der Waals surface area contributed by atoms with Gasteiger partial charge in [0.1, 0.15) is 6.04 Å². The maximum Gasteiger partial charge on any atom is 0.445 e. The Balaban J connectivity index is 2.82. The minimum absolute atomic E-state index is 0.0635. The second-order valence-corrected chi connectivity index (χ2v) is 4.78. The highest BCUT2D eigenvalue weighted by Crippen LogP contribution is 2.33. The van der Waals surface area contributed by atoms with Gasteiger partial charge in [0.2, 0.25) is 10.1 Å². The summed E-state index contributed by atoms with van der Waals surface area (Å²) >= 11 is 0.347. The van der Waals surface area contributed by atoms with Gasteiger partial charge in [-0.15, -0.1) is 10.2 Å². The highest BCUT2D eigenvalue weighted by Gasteiger charge is 2.36. The lowest BCUT2D eigenvalue weighted by molar-refractivity contribution is -0.142. The molecule has 0 aromatic carbocycles. The van der Waals surface area contributed by atoms with Crippen molar-refractivity contribution in [3.8, 4) is 0 Å². The van der Waals surface area contributed by atoms with E-state index < -0.39 is 23.2 Å². The van der Waals surface area contributed by atoms with Crippen LogP contribution in [0, 0.1) is 5.92 Å². The molecule has 18 heavy (non-hydrogen) atoms. The van der Waals surface area contributed by atoms with Crippen LogP contribution in [0.2, 0.25) is 0 Å². The van der Waals surface area contributed by atoms with Gasteiger partial charge in [0.15, 0.2) is 0 Å². The predicted octanol–water partition coefficient (Wildman–Crippen LogP) is 2.17. The van der Waals surface area contributed by atoms with Crippen LogP contribution in [-0.4, -0.2) is 29.3 Å². The summed E-state index contributed by atoms with van der Waals surface area (Å²) in [5.74, 6) is -0.718. The summed E-state index contributed by atoms with van der Waals surface area (Å²) in [6, 6.07) is -0.760. The summed E-state index contributed by atoms with van der Waals surface area (Å²) in [4.78, 5) is 11.4. The van der Waals surface area contributed by atoms with Crippen LogP contribution in [0.3, 0.4) is 0 Å². The highest BCUT2D eigenvalue weighted by atomic mass is 32.1. The average molecular weight is 283 g/mol. The van der Waals surface area contributed by atoms with Crippen LogP contribution in [0.5, 0.6) is 0 Å². The van der Waals surface area contributed by atoms with Crippen LogP contribution in [-0.2, 0) is 15.7 Å². The van der Waals surface area contributed by atoms with Crippen LogP contribution in [0.1, 0.15) is 18.9 Å². The molecule has 1 rings (SSSR count). The molecule has 0 fully saturated rings. The molecule has 1 aromatic heterocycles. The Kier molecular flexibility index (Phi) is 4.49. The van der Waals surface area contributed by atoms with Crippen molar-refractivity contribution < 1.29 is 22.7 Å². The number of carbonyl (C=O) groups is 1. The summed E-state index contributed by atoms with van der Waals surface area (Å²) in [5.41, 5.74) is 0. The Hall–Kier alpha value is -1.38. The summed E-state index contributed by atoms with van der Waals surface area (Å²) in [5, 5.41) is 7.84. The lowest BCUT2D eigenvalue weighted by Gasteiger charge is -2.18. The largest absolute Gasteiger partial charge is 0.467 e. The smallest absolute Gasteiger partial charge is 0.445 e. The fourth-order valence-electron chi connectivity index (χ4n) is 1.15. The molecule has 0 bridgehead atoms. The van der Waals surface area contributed by atoms with Crippen LogP contribution in [0.25, 0.3) is 0 Å². The van der Waals surface area contributed by atoms with Crippen molar-refractivity contribution >= 4 is 22.4 Å². The number of halogens is 3. The third-order valence-electron chi connectivity index (χ3n) is 2.07. The number of nitrogens with zero attached hydrogens (tertiary/aromatic N) is 2. The lowest BCUT2D eigenvalue weighted by atomic mass is 10.1. The quantitative estimate of drug-likeness (QED) is 0.858. The van der Waals surface area contributed by atoms with Crippen LogP contribution in [0.4, 0.5) is 18.3 Å². The average Bonchev–Trinajstić information content (AvgIpc) is 2.72. The van der Waals surface area contributed by atoms with E-state index in [1.165, 1.54) is 7.11 Å². The molecule has 1 unspecified atom stereocenters. The first-order valence-electron chi connectivity index (χ1n) is 5.00. The SMILES string of the molecule is COC(=O)C(Nc1nnc(C(F)(F)F)s1)C(C)C. The summed E-state index contributed by atoms with van der Waals surface area (Å²) in [7, 11) is 1.21. The fraction of sp³-hybridized carbons (Fsp3) is 0.667. The first-order valence-corrected chi connectivity index (χ1v) is 5.82. The van der Waals surface area contributed by atoms with Gasteiger partial charge in [0.05, 0.1) is 7.11 Å².